The van der Waals surface area contributed by atoms with Crippen molar-refractivity contribution in [3.8, 4) is 5.75 Å². The third-order valence-corrected chi connectivity index (χ3v) is 4.37. The summed E-state index contributed by atoms with van der Waals surface area (Å²) in [4.78, 5) is 24.2. The highest BCUT2D eigenvalue weighted by Crippen LogP contribution is 2.36. The van der Waals surface area contributed by atoms with Gasteiger partial charge in [0.1, 0.15) is 11.5 Å². The number of ketones is 1. The number of ether oxygens (including phenoxy) is 1. The Morgan fingerprint density at radius 2 is 1.79 bits per heavy atom. The molecule has 6 heteroatoms. The molecule has 122 valence electrons. The van der Waals surface area contributed by atoms with E-state index in [0.717, 1.165) is 4.47 Å². The molecule has 24 heavy (non-hydrogen) atoms. The second-order valence-electron chi connectivity index (χ2n) is 5.25. The molecule has 0 aromatic heterocycles. The summed E-state index contributed by atoms with van der Waals surface area (Å²) in [6.45, 7) is 0. The maximum Gasteiger partial charge on any atom is 0.293 e. The van der Waals surface area contributed by atoms with Crippen LogP contribution in [0.5, 0.6) is 5.75 Å². The number of hydrogen-bond donors (Lipinski definition) is 2. The number of aliphatic hydroxyl groups is 1. The zero-order chi connectivity index (χ0) is 17.3. The van der Waals surface area contributed by atoms with Crippen molar-refractivity contribution in [2.24, 2.45) is 0 Å². The number of hydrogen-bond acceptors (Lipinski definition) is 4. The summed E-state index contributed by atoms with van der Waals surface area (Å²) < 4.78 is 6.15. The van der Waals surface area contributed by atoms with Crippen molar-refractivity contribution in [2.75, 3.05) is 7.11 Å². The highest BCUT2D eigenvalue weighted by Gasteiger charge is 2.40. The Morgan fingerprint density at radius 3 is 2.46 bits per heavy atom. The number of halogens is 1. The van der Waals surface area contributed by atoms with Crippen molar-refractivity contribution in [3.05, 3.63) is 69.7 Å². The third-order valence-electron chi connectivity index (χ3n) is 3.84. The molecular weight excluding hydrogens is 374 g/mol. The quantitative estimate of drug-likeness (QED) is 0.481. The molecule has 1 fully saturated rings. The number of carbonyl (C=O) groups excluding carboxylic acids is 2. The van der Waals surface area contributed by atoms with Gasteiger partial charge in [0.15, 0.2) is 0 Å². The van der Waals surface area contributed by atoms with Crippen LogP contribution < -0.4 is 10.1 Å². The molecule has 3 rings (SSSR count). The summed E-state index contributed by atoms with van der Waals surface area (Å²) >= 11 is 3.32. The lowest BCUT2D eigenvalue weighted by Gasteiger charge is -2.16. The van der Waals surface area contributed by atoms with Crippen LogP contribution in [0.25, 0.3) is 5.76 Å². The molecule has 0 radical (unpaired) electrons. The maximum absolute atomic E-state index is 12.3. The van der Waals surface area contributed by atoms with Gasteiger partial charge in [-0.2, -0.15) is 0 Å². The Bertz CT molecular complexity index is 842. The first-order chi connectivity index (χ1) is 11.5. The number of para-hydroxylation sites is 1. The number of amides is 1. The van der Waals surface area contributed by atoms with Crippen molar-refractivity contribution in [1.29, 1.82) is 0 Å². The number of nitrogens with one attached hydrogen (secondary N) is 1. The van der Waals surface area contributed by atoms with E-state index in [1.54, 1.807) is 48.5 Å². The van der Waals surface area contributed by atoms with Crippen LogP contribution in [-0.2, 0) is 9.59 Å². The molecule has 0 aliphatic carbocycles. The highest BCUT2D eigenvalue weighted by atomic mass is 79.9. The van der Waals surface area contributed by atoms with Crippen LogP contribution in [0.4, 0.5) is 0 Å². The minimum atomic E-state index is -0.759. The van der Waals surface area contributed by atoms with Gasteiger partial charge in [-0.25, -0.2) is 0 Å². The lowest BCUT2D eigenvalue weighted by molar-refractivity contribution is -0.133. The summed E-state index contributed by atoms with van der Waals surface area (Å²) in [5.41, 5.74) is 1.09. The third kappa shape index (κ3) is 2.80. The lowest BCUT2D eigenvalue weighted by atomic mass is 9.95. The van der Waals surface area contributed by atoms with E-state index in [0.29, 0.717) is 16.9 Å². The molecule has 2 N–H and O–H groups in total. The second kappa shape index (κ2) is 6.49. The van der Waals surface area contributed by atoms with Crippen LogP contribution in [0, 0.1) is 0 Å². The molecule has 2 aromatic carbocycles. The Hall–Kier alpha value is -2.60. The molecule has 0 saturated carbocycles. The normalized spacial score (nSPS) is 19.2. The van der Waals surface area contributed by atoms with Gasteiger partial charge in [-0.15, -0.1) is 0 Å². The standard InChI is InChI=1S/C18H14BrNO4/c1-24-13-5-3-2-4-12(13)15-14(17(22)18(23)20-15)16(21)10-6-8-11(19)9-7-10/h2-9,15,21H,1H3,(H,20,23)/t15-/m0/s1. The second-order valence-corrected chi connectivity index (χ2v) is 6.16. The van der Waals surface area contributed by atoms with E-state index in [9.17, 15) is 14.7 Å². The van der Waals surface area contributed by atoms with E-state index in [1.165, 1.54) is 7.11 Å². The molecule has 0 unspecified atom stereocenters. The average molecular weight is 388 g/mol. The van der Waals surface area contributed by atoms with E-state index in [2.05, 4.69) is 21.2 Å². The molecule has 1 heterocycles. The minimum Gasteiger partial charge on any atom is -0.507 e. The fourth-order valence-electron chi connectivity index (χ4n) is 2.67. The fraction of sp³-hybridized carbons (Fsp3) is 0.111. The van der Waals surface area contributed by atoms with E-state index in [-0.39, 0.29) is 11.3 Å². The minimum absolute atomic E-state index is 0.0202. The zero-order valence-electron chi connectivity index (χ0n) is 12.7. The molecule has 1 atom stereocenters. The number of benzene rings is 2. The fourth-order valence-corrected chi connectivity index (χ4v) is 2.93. The van der Waals surface area contributed by atoms with Crippen molar-refractivity contribution >= 4 is 33.4 Å². The maximum atomic E-state index is 12.3. The number of carbonyl (C=O) groups is 2. The van der Waals surface area contributed by atoms with Crippen LogP contribution >= 0.6 is 15.9 Å². The van der Waals surface area contributed by atoms with E-state index >= 15 is 0 Å². The molecule has 0 bridgehead atoms. The summed E-state index contributed by atoms with van der Waals surface area (Å²) in [5, 5.41) is 13.2. The summed E-state index contributed by atoms with van der Waals surface area (Å²) in [7, 11) is 1.51. The monoisotopic (exact) mass is 387 g/mol. The van der Waals surface area contributed by atoms with Crippen molar-refractivity contribution in [2.45, 2.75) is 6.04 Å². The summed E-state index contributed by atoms with van der Waals surface area (Å²) in [5.74, 6) is -1.18. The molecule has 1 aliphatic rings. The van der Waals surface area contributed by atoms with Crippen LogP contribution in [0.15, 0.2) is 58.6 Å². The Kier molecular flexibility index (Phi) is 4.40. The van der Waals surface area contributed by atoms with Gasteiger partial charge in [0.2, 0.25) is 0 Å². The number of Topliss-reactive ketones (excluding diaryl/α,β-unsaturated/α-hetero) is 1. The number of methoxy groups -OCH3 is 1. The predicted molar refractivity (Wildman–Crippen MR) is 92.6 cm³/mol. The van der Waals surface area contributed by atoms with Gasteiger partial charge >= 0.3 is 0 Å². The van der Waals surface area contributed by atoms with Gasteiger partial charge in [0.25, 0.3) is 11.7 Å². The van der Waals surface area contributed by atoms with Gasteiger partial charge in [-0.05, 0) is 18.2 Å². The lowest BCUT2D eigenvalue weighted by Crippen LogP contribution is -2.21. The summed E-state index contributed by atoms with van der Waals surface area (Å²) in [6.07, 6.45) is 0. The van der Waals surface area contributed by atoms with Gasteiger partial charge < -0.3 is 15.2 Å². The van der Waals surface area contributed by atoms with E-state index in [4.69, 9.17) is 4.74 Å². The Balaban J connectivity index is 2.15. The van der Waals surface area contributed by atoms with Gasteiger partial charge in [-0.3, -0.25) is 9.59 Å². The molecule has 1 saturated heterocycles. The van der Waals surface area contributed by atoms with Crippen molar-refractivity contribution in [1.82, 2.24) is 5.32 Å². The molecule has 1 amide bonds. The van der Waals surface area contributed by atoms with E-state index in [1.807, 2.05) is 0 Å². The first-order valence-electron chi connectivity index (χ1n) is 7.20. The Labute approximate surface area is 147 Å². The largest absolute Gasteiger partial charge is 0.507 e. The van der Waals surface area contributed by atoms with Crippen LogP contribution in [0.1, 0.15) is 17.2 Å². The van der Waals surface area contributed by atoms with Crippen LogP contribution in [0.2, 0.25) is 0 Å². The van der Waals surface area contributed by atoms with Gasteiger partial charge in [0, 0.05) is 15.6 Å². The molecule has 0 spiro atoms. The molecule has 1 aliphatic heterocycles. The molecule has 5 nitrogen and oxygen atoms in total. The van der Waals surface area contributed by atoms with E-state index < -0.39 is 17.7 Å². The number of aliphatic hydroxyl groups excluding tert-OH is 1. The first kappa shape index (κ1) is 16.3. The molecule has 2 aromatic rings. The highest BCUT2D eigenvalue weighted by molar-refractivity contribution is 9.10. The van der Waals surface area contributed by atoms with Gasteiger partial charge in [-0.1, -0.05) is 46.3 Å². The summed E-state index contributed by atoms with van der Waals surface area (Å²) in [6, 6.07) is 13.1. The average Bonchev–Trinajstić information content (AvgIpc) is 2.90. The van der Waals surface area contributed by atoms with Crippen molar-refractivity contribution < 1.29 is 19.4 Å². The SMILES string of the molecule is COc1ccccc1[C@@H]1NC(=O)C(=O)C1=C(O)c1ccc(Br)cc1. The zero-order valence-corrected chi connectivity index (χ0v) is 14.3. The predicted octanol–water partition coefficient (Wildman–Crippen LogP) is 3.17. The van der Waals surface area contributed by atoms with Crippen LogP contribution in [-0.4, -0.2) is 23.9 Å². The molecular formula is C18H14BrNO4. The Morgan fingerprint density at radius 1 is 1.12 bits per heavy atom. The topological polar surface area (TPSA) is 75.6 Å². The van der Waals surface area contributed by atoms with Crippen molar-refractivity contribution in [3.63, 3.8) is 0 Å². The first-order valence-corrected chi connectivity index (χ1v) is 7.99. The van der Waals surface area contributed by atoms with Gasteiger partial charge in [0.05, 0.1) is 18.7 Å². The number of rotatable bonds is 3. The smallest absolute Gasteiger partial charge is 0.293 e. The van der Waals surface area contributed by atoms with Crippen LogP contribution in [0.3, 0.4) is 0 Å².